The molecule has 2 amide bonds. The number of hydrogen-bond donors (Lipinski definition) is 2. The zero-order valence-corrected chi connectivity index (χ0v) is 18.3. The van der Waals surface area contributed by atoms with E-state index >= 15 is 0 Å². The molecule has 2 N–H and O–H groups in total. The van der Waals surface area contributed by atoms with Gasteiger partial charge in [0.25, 0.3) is 5.91 Å². The quantitative estimate of drug-likeness (QED) is 0.621. The Kier molecular flexibility index (Phi) is 5.81. The largest absolute Gasteiger partial charge is 0.370 e. The van der Waals surface area contributed by atoms with E-state index < -0.39 is 0 Å². The summed E-state index contributed by atoms with van der Waals surface area (Å²) in [5.74, 6) is -0.0371. The highest BCUT2D eigenvalue weighted by molar-refractivity contribution is 6.03. The molecule has 1 saturated carbocycles. The van der Waals surface area contributed by atoms with Gasteiger partial charge < -0.3 is 15.1 Å². The summed E-state index contributed by atoms with van der Waals surface area (Å²) in [6.07, 6.45) is 3.03. The second kappa shape index (κ2) is 9.05. The van der Waals surface area contributed by atoms with Crippen molar-refractivity contribution in [3.05, 3.63) is 66.1 Å². The fraction of sp³-hybridized carbons (Fsp3) is 0.320. The van der Waals surface area contributed by atoms with E-state index in [-0.39, 0.29) is 17.6 Å². The molecule has 3 aromatic rings. The highest BCUT2D eigenvalue weighted by Gasteiger charge is 2.33. The first-order chi connectivity index (χ1) is 16.1. The highest BCUT2D eigenvalue weighted by Crippen LogP contribution is 2.31. The van der Waals surface area contributed by atoms with E-state index in [2.05, 4.69) is 20.4 Å². The van der Waals surface area contributed by atoms with E-state index in [4.69, 9.17) is 0 Å². The number of carbonyl (C=O) groups excluding carboxylic acids is 2. The molecule has 1 saturated heterocycles. The highest BCUT2D eigenvalue weighted by atomic mass is 19.1. The van der Waals surface area contributed by atoms with E-state index in [0.717, 1.165) is 56.7 Å². The molecule has 1 aliphatic carbocycles. The number of anilines is 2. The maximum Gasteiger partial charge on any atom is 0.273 e. The molecule has 0 spiro atoms. The Labute approximate surface area is 191 Å². The Morgan fingerprint density at radius 1 is 0.970 bits per heavy atom. The Bertz CT molecular complexity index is 1140. The van der Waals surface area contributed by atoms with E-state index in [1.54, 1.807) is 18.2 Å². The smallest absolute Gasteiger partial charge is 0.273 e. The molecule has 8 heteroatoms. The second-order valence-electron chi connectivity index (χ2n) is 8.61. The van der Waals surface area contributed by atoms with Crippen molar-refractivity contribution in [2.24, 2.45) is 5.92 Å². The average molecular weight is 448 g/mol. The van der Waals surface area contributed by atoms with E-state index in [0.29, 0.717) is 23.0 Å². The standard InChI is InChI=1S/C25H26FN5O2/c26-19-6-4-17(5-7-19)22-16-23(29-28-22)24(32)27-20-8-10-21(11-9-20)30-12-1-13-31(15-14-30)25(33)18-2-3-18/h4-11,16,18H,1-3,12-15H2,(H,27,32)(H,28,29). The molecule has 2 fully saturated rings. The first-order valence-corrected chi connectivity index (χ1v) is 11.3. The van der Waals surface area contributed by atoms with Gasteiger partial charge in [-0.2, -0.15) is 5.10 Å². The number of carbonyl (C=O) groups is 2. The van der Waals surface area contributed by atoms with Crippen LogP contribution in [0.3, 0.4) is 0 Å². The predicted octanol–water partition coefficient (Wildman–Crippen LogP) is 3.92. The third-order valence-corrected chi connectivity index (χ3v) is 6.19. The SMILES string of the molecule is O=C(Nc1ccc(N2CCCN(C(=O)C3CC3)CC2)cc1)c1cc(-c2ccc(F)cc2)n[nH]1. The molecule has 0 unspecified atom stereocenters. The second-order valence-corrected chi connectivity index (χ2v) is 8.61. The van der Waals surface area contributed by atoms with Crippen molar-refractivity contribution < 1.29 is 14.0 Å². The average Bonchev–Trinajstić information content (AvgIpc) is 3.61. The van der Waals surface area contributed by atoms with E-state index in [9.17, 15) is 14.0 Å². The van der Waals surface area contributed by atoms with Crippen molar-refractivity contribution in [2.45, 2.75) is 19.3 Å². The lowest BCUT2D eigenvalue weighted by Gasteiger charge is -2.24. The lowest BCUT2D eigenvalue weighted by atomic mass is 10.1. The molecule has 170 valence electrons. The van der Waals surface area contributed by atoms with Crippen LogP contribution in [-0.2, 0) is 4.79 Å². The molecule has 0 radical (unpaired) electrons. The molecular formula is C25H26FN5O2. The molecular weight excluding hydrogens is 421 g/mol. The van der Waals surface area contributed by atoms with Crippen LogP contribution in [0.25, 0.3) is 11.3 Å². The lowest BCUT2D eigenvalue weighted by Crippen LogP contribution is -2.36. The van der Waals surface area contributed by atoms with Gasteiger partial charge in [-0.3, -0.25) is 14.7 Å². The summed E-state index contributed by atoms with van der Waals surface area (Å²) >= 11 is 0. The third-order valence-electron chi connectivity index (χ3n) is 6.19. The van der Waals surface area contributed by atoms with Crippen molar-refractivity contribution in [2.75, 3.05) is 36.4 Å². The molecule has 2 aliphatic rings. The van der Waals surface area contributed by atoms with Crippen LogP contribution in [0.15, 0.2) is 54.6 Å². The number of hydrogen-bond acceptors (Lipinski definition) is 4. The van der Waals surface area contributed by atoms with Gasteiger partial charge in [-0.25, -0.2) is 4.39 Å². The van der Waals surface area contributed by atoms with Crippen molar-refractivity contribution in [1.82, 2.24) is 15.1 Å². The maximum absolute atomic E-state index is 13.1. The molecule has 0 bridgehead atoms. The fourth-order valence-corrected chi connectivity index (χ4v) is 4.15. The Hall–Kier alpha value is -3.68. The minimum absolute atomic E-state index is 0.265. The zero-order valence-electron chi connectivity index (χ0n) is 18.3. The minimum Gasteiger partial charge on any atom is -0.370 e. The van der Waals surface area contributed by atoms with Crippen LogP contribution in [0.2, 0.25) is 0 Å². The van der Waals surface area contributed by atoms with Crippen LogP contribution >= 0.6 is 0 Å². The van der Waals surface area contributed by atoms with Crippen LogP contribution in [0, 0.1) is 11.7 Å². The van der Waals surface area contributed by atoms with Crippen molar-refractivity contribution in [3.8, 4) is 11.3 Å². The molecule has 0 atom stereocenters. The molecule has 1 aromatic heterocycles. The summed E-state index contributed by atoms with van der Waals surface area (Å²) in [6.45, 7) is 3.29. The number of nitrogens with one attached hydrogen (secondary N) is 2. The summed E-state index contributed by atoms with van der Waals surface area (Å²) in [6, 6.07) is 15.3. The summed E-state index contributed by atoms with van der Waals surface area (Å²) < 4.78 is 13.1. The molecule has 33 heavy (non-hydrogen) atoms. The van der Waals surface area contributed by atoms with Gasteiger partial charge in [0.05, 0.1) is 5.69 Å². The van der Waals surface area contributed by atoms with E-state index in [1.165, 1.54) is 12.1 Å². The summed E-state index contributed by atoms with van der Waals surface area (Å²) in [5, 5.41) is 9.77. The summed E-state index contributed by atoms with van der Waals surface area (Å²) in [7, 11) is 0. The van der Waals surface area contributed by atoms with Crippen LogP contribution in [0.5, 0.6) is 0 Å². The van der Waals surface area contributed by atoms with Gasteiger partial charge in [-0.15, -0.1) is 0 Å². The van der Waals surface area contributed by atoms with Crippen LogP contribution < -0.4 is 10.2 Å². The van der Waals surface area contributed by atoms with Gasteiger partial charge in [-0.1, -0.05) is 0 Å². The number of aromatic nitrogens is 2. The normalized spacial score (nSPS) is 16.4. The van der Waals surface area contributed by atoms with Crippen LogP contribution in [-0.4, -0.2) is 53.1 Å². The van der Waals surface area contributed by atoms with E-state index in [1.807, 2.05) is 29.2 Å². The molecule has 1 aliphatic heterocycles. The fourth-order valence-electron chi connectivity index (χ4n) is 4.15. The zero-order chi connectivity index (χ0) is 22.8. The van der Waals surface area contributed by atoms with Crippen LogP contribution in [0.4, 0.5) is 15.8 Å². The van der Waals surface area contributed by atoms with Gasteiger partial charge in [0.1, 0.15) is 11.5 Å². The molecule has 7 nitrogen and oxygen atoms in total. The molecule has 2 aromatic carbocycles. The number of aromatic amines is 1. The Morgan fingerprint density at radius 2 is 1.73 bits per heavy atom. The number of halogens is 1. The Balaban J connectivity index is 1.19. The number of nitrogens with zero attached hydrogens (tertiary/aromatic N) is 3. The molecule has 2 heterocycles. The maximum atomic E-state index is 13.1. The number of benzene rings is 2. The van der Waals surface area contributed by atoms with Crippen molar-refractivity contribution in [3.63, 3.8) is 0 Å². The number of amides is 2. The van der Waals surface area contributed by atoms with Crippen molar-refractivity contribution >= 4 is 23.2 Å². The topological polar surface area (TPSA) is 81.3 Å². The third kappa shape index (κ3) is 4.89. The van der Waals surface area contributed by atoms with Gasteiger partial charge in [0, 0.05) is 49.0 Å². The number of H-pyrrole nitrogens is 1. The van der Waals surface area contributed by atoms with Crippen LogP contribution in [0.1, 0.15) is 29.8 Å². The summed E-state index contributed by atoms with van der Waals surface area (Å²) in [5.41, 5.74) is 3.39. The van der Waals surface area contributed by atoms with Gasteiger partial charge >= 0.3 is 0 Å². The van der Waals surface area contributed by atoms with Gasteiger partial charge in [0.15, 0.2) is 0 Å². The first-order valence-electron chi connectivity index (χ1n) is 11.3. The summed E-state index contributed by atoms with van der Waals surface area (Å²) in [4.78, 5) is 29.3. The monoisotopic (exact) mass is 447 g/mol. The Morgan fingerprint density at radius 3 is 2.45 bits per heavy atom. The first kappa shape index (κ1) is 21.2. The van der Waals surface area contributed by atoms with Gasteiger partial charge in [0.2, 0.25) is 5.91 Å². The minimum atomic E-state index is -0.319. The molecule has 5 rings (SSSR count). The van der Waals surface area contributed by atoms with Crippen molar-refractivity contribution in [1.29, 1.82) is 0 Å². The lowest BCUT2D eigenvalue weighted by molar-refractivity contribution is -0.132. The van der Waals surface area contributed by atoms with Gasteiger partial charge in [-0.05, 0) is 73.9 Å². The number of rotatable bonds is 5. The predicted molar refractivity (Wildman–Crippen MR) is 125 cm³/mol.